The molecule has 0 unspecified atom stereocenters. The summed E-state index contributed by atoms with van der Waals surface area (Å²) in [4.78, 5) is 11.5. The molecule has 5 nitrogen and oxygen atoms in total. The summed E-state index contributed by atoms with van der Waals surface area (Å²) in [6, 6.07) is 23.1. The van der Waals surface area contributed by atoms with Crippen LogP contribution in [0.15, 0.2) is 72.8 Å². The highest BCUT2D eigenvalue weighted by molar-refractivity contribution is 5.92. The van der Waals surface area contributed by atoms with Crippen LogP contribution in [0.3, 0.4) is 0 Å². The van der Waals surface area contributed by atoms with Gasteiger partial charge in [0.05, 0.1) is 12.7 Å². The number of benzene rings is 3. The van der Waals surface area contributed by atoms with Crippen molar-refractivity contribution in [3.05, 3.63) is 89.5 Å². The third-order valence-electron chi connectivity index (χ3n) is 5.18. The van der Waals surface area contributed by atoms with Crippen LogP contribution in [0.4, 0.5) is 0 Å². The lowest BCUT2D eigenvalue weighted by Crippen LogP contribution is -2.23. The van der Waals surface area contributed by atoms with E-state index in [9.17, 15) is 15.0 Å². The largest absolute Gasteiger partial charge is 0.492 e. The molecule has 0 bridgehead atoms. The molecule has 3 aromatic carbocycles. The van der Waals surface area contributed by atoms with Crippen molar-refractivity contribution < 1.29 is 19.7 Å². The number of hydrogen-bond donors (Lipinski definition) is 3. The molecule has 0 spiro atoms. The molecule has 0 amide bonds. The van der Waals surface area contributed by atoms with Crippen molar-refractivity contribution in [2.45, 2.75) is 26.4 Å². The molecule has 0 aromatic heterocycles. The third kappa shape index (κ3) is 6.67. The van der Waals surface area contributed by atoms with Gasteiger partial charge in [0, 0.05) is 6.54 Å². The van der Waals surface area contributed by atoms with E-state index >= 15 is 0 Å². The highest BCUT2D eigenvalue weighted by Crippen LogP contribution is 2.28. The van der Waals surface area contributed by atoms with Crippen LogP contribution in [-0.2, 0) is 6.42 Å². The van der Waals surface area contributed by atoms with E-state index in [0.717, 1.165) is 29.7 Å². The van der Waals surface area contributed by atoms with Crippen molar-refractivity contribution in [2.24, 2.45) is 5.92 Å². The Morgan fingerprint density at radius 1 is 0.969 bits per heavy atom. The summed E-state index contributed by atoms with van der Waals surface area (Å²) in [7, 11) is 0. The van der Waals surface area contributed by atoms with E-state index in [0.29, 0.717) is 24.8 Å². The van der Waals surface area contributed by atoms with Gasteiger partial charge in [0.15, 0.2) is 0 Å². The zero-order valence-electron chi connectivity index (χ0n) is 18.6. The summed E-state index contributed by atoms with van der Waals surface area (Å²) in [6.07, 6.45) is 0.335. The van der Waals surface area contributed by atoms with Crippen molar-refractivity contribution in [1.82, 2.24) is 5.32 Å². The lowest BCUT2D eigenvalue weighted by molar-refractivity contribution is 0.0691. The van der Waals surface area contributed by atoms with Gasteiger partial charge in [0.2, 0.25) is 0 Å². The Morgan fingerprint density at radius 3 is 2.31 bits per heavy atom. The van der Waals surface area contributed by atoms with Crippen molar-refractivity contribution in [3.63, 3.8) is 0 Å². The topological polar surface area (TPSA) is 78.8 Å². The molecule has 32 heavy (non-hydrogen) atoms. The summed E-state index contributed by atoms with van der Waals surface area (Å²) in [5.41, 5.74) is 4.20. The Bertz CT molecular complexity index is 1000. The Balaban J connectivity index is 1.57. The normalized spacial score (nSPS) is 12.0. The van der Waals surface area contributed by atoms with Gasteiger partial charge in [-0.25, -0.2) is 4.79 Å². The SMILES string of the molecule is CC(C)COc1cc(-c2ccc(CCNC[C@H](O)c3ccccc3)cc2)ccc1C(=O)O. The number of nitrogens with one attached hydrogen (secondary N) is 1. The average Bonchev–Trinajstić information content (AvgIpc) is 2.81. The smallest absolute Gasteiger partial charge is 0.339 e. The van der Waals surface area contributed by atoms with Crippen LogP contribution in [0.5, 0.6) is 5.75 Å². The number of carboxylic acid groups (broad SMARTS) is 1. The third-order valence-corrected chi connectivity index (χ3v) is 5.18. The lowest BCUT2D eigenvalue weighted by atomic mass is 10.0. The molecule has 0 aliphatic carbocycles. The molecular formula is C27H31NO4. The minimum atomic E-state index is -0.990. The quantitative estimate of drug-likeness (QED) is 0.373. The molecule has 0 heterocycles. The van der Waals surface area contributed by atoms with Gasteiger partial charge < -0.3 is 20.3 Å². The minimum Gasteiger partial charge on any atom is -0.492 e. The fourth-order valence-corrected chi connectivity index (χ4v) is 3.38. The first kappa shape index (κ1) is 23.5. The molecule has 168 valence electrons. The van der Waals surface area contributed by atoms with E-state index < -0.39 is 12.1 Å². The second-order valence-electron chi connectivity index (χ2n) is 8.30. The van der Waals surface area contributed by atoms with Crippen LogP contribution in [-0.4, -0.2) is 35.9 Å². The first-order chi connectivity index (χ1) is 15.4. The second kappa shape index (κ2) is 11.5. The van der Waals surface area contributed by atoms with Crippen molar-refractivity contribution in [3.8, 4) is 16.9 Å². The molecule has 0 fully saturated rings. The van der Waals surface area contributed by atoms with E-state index in [1.165, 1.54) is 5.56 Å². The zero-order valence-corrected chi connectivity index (χ0v) is 18.6. The van der Waals surface area contributed by atoms with Gasteiger partial charge in [0.25, 0.3) is 0 Å². The fraction of sp³-hybridized carbons (Fsp3) is 0.296. The van der Waals surface area contributed by atoms with Crippen molar-refractivity contribution >= 4 is 5.97 Å². The van der Waals surface area contributed by atoms with Crippen molar-refractivity contribution in [1.29, 1.82) is 0 Å². The molecule has 3 rings (SSSR count). The van der Waals surface area contributed by atoms with Crippen LogP contribution in [0.25, 0.3) is 11.1 Å². The van der Waals surface area contributed by atoms with Crippen LogP contribution in [0.2, 0.25) is 0 Å². The molecule has 0 aliphatic heterocycles. The van der Waals surface area contributed by atoms with Gasteiger partial charge in [0.1, 0.15) is 11.3 Å². The van der Waals surface area contributed by atoms with E-state index in [-0.39, 0.29) is 5.56 Å². The first-order valence-electron chi connectivity index (χ1n) is 11.0. The lowest BCUT2D eigenvalue weighted by Gasteiger charge is -2.13. The summed E-state index contributed by atoms with van der Waals surface area (Å²) in [6.45, 7) is 5.80. The van der Waals surface area contributed by atoms with Gasteiger partial charge in [-0.05, 0) is 53.3 Å². The summed E-state index contributed by atoms with van der Waals surface area (Å²) in [5, 5.41) is 22.9. The van der Waals surface area contributed by atoms with Crippen molar-refractivity contribution in [2.75, 3.05) is 19.7 Å². The predicted octanol–water partition coefficient (Wildman–Crippen LogP) is 4.95. The molecule has 5 heteroatoms. The zero-order chi connectivity index (χ0) is 22.9. The first-order valence-corrected chi connectivity index (χ1v) is 11.0. The molecule has 0 radical (unpaired) electrons. The molecule has 3 N–H and O–H groups in total. The second-order valence-corrected chi connectivity index (χ2v) is 8.30. The monoisotopic (exact) mass is 433 g/mol. The Hall–Kier alpha value is -3.15. The molecule has 0 saturated heterocycles. The highest BCUT2D eigenvalue weighted by atomic mass is 16.5. The number of hydrogen-bond acceptors (Lipinski definition) is 4. The number of carboxylic acids is 1. The number of aliphatic hydroxyl groups excluding tert-OH is 1. The molecule has 0 aliphatic rings. The van der Waals surface area contributed by atoms with Gasteiger partial charge in [-0.1, -0.05) is 74.5 Å². The molecule has 1 atom stereocenters. The molecule has 0 saturated carbocycles. The Kier molecular flexibility index (Phi) is 8.42. The standard InChI is InChI=1S/C27H31NO4/c1-19(2)18-32-26-16-23(12-13-24(26)27(30)31)21-10-8-20(9-11-21)14-15-28-17-25(29)22-6-4-3-5-7-22/h3-13,16,19,25,28-29H,14-15,17-18H2,1-2H3,(H,30,31)/t25-/m0/s1. The van der Waals surface area contributed by atoms with E-state index in [1.54, 1.807) is 12.1 Å². The fourth-order valence-electron chi connectivity index (χ4n) is 3.38. The summed E-state index contributed by atoms with van der Waals surface area (Å²) >= 11 is 0. The number of rotatable bonds is 11. The molecular weight excluding hydrogens is 402 g/mol. The minimum absolute atomic E-state index is 0.176. The predicted molar refractivity (Wildman–Crippen MR) is 127 cm³/mol. The Morgan fingerprint density at radius 2 is 1.66 bits per heavy atom. The van der Waals surface area contributed by atoms with E-state index in [1.807, 2.05) is 62.4 Å². The van der Waals surface area contributed by atoms with Crippen LogP contribution in [0, 0.1) is 5.92 Å². The van der Waals surface area contributed by atoms with Gasteiger partial charge >= 0.3 is 5.97 Å². The van der Waals surface area contributed by atoms with Crippen LogP contribution in [0.1, 0.15) is 41.4 Å². The molecule has 3 aromatic rings. The maximum absolute atomic E-state index is 11.5. The summed E-state index contributed by atoms with van der Waals surface area (Å²) in [5.74, 6) is -0.286. The van der Waals surface area contributed by atoms with Gasteiger partial charge in [-0.3, -0.25) is 0 Å². The highest BCUT2D eigenvalue weighted by Gasteiger charge is 2.13. The van der Waals surface area contributed by atoms with Gasteiger partial charge in [-0.2, -0.15) is 0 Å². The Labute approximate surface area is 189 Å². The number of aliphatic hydroxyl groups is 1. The van der Waals surface area contributed by atoms with Gasteiger partial charge in [-0.15, -0.1) is 0 Å². The van der Waals surface area contributed by atoms with Crippen LogP contribution < -0.4 is 10.1 Å². The maximum atomic E-state index is 11.5. The average molecular weight is 434 g/mol. The number of carbonyl (C=O) groups is 1. The number of aromatic carboxylic acids is 1. The number of ether oxygens (including phenoxy) is 1. The van der Waals surface area contributed by atoms with E-state index in [2.05, 4.69) is 17.4 Å². The maximum Gasteiger partial charge on any atom is 0.339 e. The summed E-state index contributed by atoms with van der Waals surface area (Å²) < 4.78 is 5.75. The van der Waals surface area contributed by atoms with E-state index in [4.69, 9.17) is 4.74 Å². The van der Waals surface area contributed by atoms with Crippen LogP contribution >= 0.6 is 0 Å².